The molecule has 0 aromatic rings. The van der Waals surface area contributed by atoms with E-state index in [2.05, 4.69) is 5.32 Å². The minimum atomic E-state index is -0.984. The summed E-state index contributed by atoms with van der Waals surface area (Å²) in [5, 5.41) is 11.2. The van der Waals surface area contributed by atoms with Crippen molar-refractivity contribution in [1.82, 2.24) is 5.32 Å². The van der Waals surface area contributed by atoms with Gasteiger partial charge >= 0.3 is 11.9 Å². The van der Waals surface area contributed by atoms with Gasteiger partial charge in [0.05, 0.1) is 106 Å². The molecule has 41 heavy (non-hydrogen) atoms. The third-order valence-electron chi connectivity index (χ3n) is 4.90. The van der Waals surface area contributed by atoms with Gasteiger partial charge in [-0.2, -0.15) is 0 Å². The number of nitrogens with one attached hydrogen (secondary N) is 1. The SMILES string of the molecule is CCCC(=O)OCCOCCOCCOCCOCCOCCOCCOCCOCCCNC(=O)CCC(=O)O. The molecular weight excluding hydrogens is 546 g/mol. The first kappa shape index (κ1) is 39.1. The van der Waals surface area contributed by atoms with Crippen LogP contribution in [0.25, 0.3) is 0 Å². The lowest BCUT2D eigenvalue weighted by molar-refractivity contribution is -0.145. The number of aliphatic carboxylic acids is 1. The van der Waals surface area contributed by atoms with Gasteiger partial charge in [0.1, 0.15) is 6.61 Å². The minimum Gasteiger partial charge on any atom is -0.481 e. The van der Waals surface area contributed by atoms with Crippen LogP contribution in [0.5, 0.6) is 0 Å². The molecule has 0 saturated carbocycles. The van der Waals surface area contributed by atoms with Crippen molar-refractivity contribution in [1.29, 1.82) is 0 Å². The zero-order valence-corrected chi connectivity index (χ0v) is 24.6. The highest BCUT2D eigenvalue weighted by Crippen LogP contribution is 1.92. The average molecular weight is 598 g/mol. The van der Waals surface area contributed by atoms with Gasteiger partial charge in [0.25, 0.3) is 0 Å². The molecule has 0 bridgehead atoms. The quantitative estimate of drug-likeness (QED) is 0.0808. The molecule has 0 saturated heterocycles. The van der Waals surface area contributed by atoms with E-state index in [4.69, 9.17) is 47.7 Å². The number of ether oxygens (including phenoxy) is 9. The zero-order valence-electron chi connectivity index (χ0n) is 24.6. The van der Waals surface area contributed by atoms with Gasteiger partial charge in [-0.3, -0.25) is 14.4 Å². The Bertz CT molecular complexity index is 610. The first-order valence-corrected chi connectivity index (χ1v) is 14.3. The molecule has 0 heterocycles. The summed E-state index contributed by atoms with van der Waals surface area (Å²) >= 11 is 0. The summed E-state index contributed by atoms with van der Waals surface area (Å²) in [6.45, 7) is 10.0. The molecule has 0 aromatic carbocycles. The topological polar surface area (TPSA) is 167 Å². The van der Waals surface area contributed by atoms with Crippen LogP contribution >= 0.6 is 0 Å². The van der Waals surface area contributed by atoms with Crippen molar-refractivity contribution in [2.75, 3.05) is 119 Å². The smallest absolute Gasteiger partial charge is 0.305 e. The van der Waals surface area contributed by atoms with Gasteiger partial charge in [-0.25, -0.2) is 0 Å². The van der Waals surface area contributed by atoms with Gasteiger partial charge < -0.3 is 53.1 Å². The Hall–Kier alpha value is -1.91. The van der Waals surface area contributed by atoms with E-state index in [1.54, 1.807) is 0 Å². The van der Waals surface area contributed by atoms with E-state index < -0.39 is 5.97 Å². The summed E-state index contributed by atoms with van der Waals surface area (Å²) in [5.74, 6) is -1.45. The zero-order chi connectivity index (χ0) is 30.1. The molecule has 0 aliphatic heterocycles. The number of hydrogen-bond acceptors (Lipinski definition) is 12. The number of rotatable bonds is 33. The molecule has 0 radical (unpaired) electrons. The van der Waals surface area contributed by atoms with E-state index >= 15 is 0 Å². The molecule has 14 nitrogen and oxygen atoms in total. The maximum Gasteiger partial charge on any atom is 0.305 e. The standard InChI is InChI=1S/C27H51NO13/c1-2-4-27(32)41-24-23-40-22-21-39-20-19-38-18-17-37-16-15-36-14-13-35-12-11-34-10-9-33-8-3-7-28-25(29)5-6-26(30)31/h2-24H2,1H3,(H,28,29)(H,30,31). The second-order valence-corrected chi connectivity index (χ2v) is 8.47. The summed E-state index contributed by atoms with van der Waals surface area (Å²) in [5.41, 5.74) is 0. The van der Waals surface area contributed by atoms with Crippen LogP contribution in [0.4, 0.5) is 0 Å². The van der Waals surface area contributed by atoms with Crippen LogP contribution in [0, 0.1) is 0 Å². The van der Waals surface area contributed by atoms with E-state index in [1.807, 2.05) is 6.92 Å². The Kier molecular flexibility index (Phi) is 31.1. The van der Waals surface area contributed by atoms with Crippen molar-refractivity contribution >= 4 is 17.8 Å². The van der Waals surface area contributed by atoms with Crippen LogP contribution in [-0.4, -0.2) is 142 Å². The van der Waals surface area contributed by atoms with E-state index in [-0.39, 0.29) is 31.3 Å². The van der Waals surface area contributed by atoms with E-state index in [9.17, 15) is 14.4 Å². The summed E-state index contributed by atoms with van der Waals surface area (Å²) in [4.78, 5) is 32.9. The molecule has 0 aliphatic rings. The summed E-state index contributed by atoms with van der Waals surface area (Å²) in [6.07, 6.45) is 1.69. The molecule has 0 unspecified atom stereocenters. The molecule has 242 valence electrons. The Labute approximate surface area is 243 Å². The molecule has 0 aromatic heterocycles. The maximum absolute atomic E-state index is 11.3. The second-order valence-electron chi connectivity index (χ2n) is 8.47. The first-order chi connectivity index (χ1) is 20.1. The number of amides is 1. The molecule has 0 spiro atoms. The monoisotopic (exact) mass is 597 g/mol. The van der Waals surface area contributed by atoms with Crippen LogP contribution in [-0.2, 0) is 57.0 Å². The molecule has 0 fully saturated rings. The molecule has 0 atom stereocenters. The van der Waals surface area contributed by atoms with Gasteiger partial charge in [0.2, 0.25) is 5.91 Å². The Balaban J connectivity index is 3.10. The van der Waals surface area contributed by atoms with Gasteiger partial charge in [0, 0.05) is 26.0 Å². The van der Waals surface area contributed by atoms with Gasteiger partial charge in [-0.1, -0.05) is 6.92 Å². The van der Waals surface area contributed by atoms with Gasteiger partial charge in [-0.15, -0.1) is 0 Å². The predicted octanol–water partition coefficient (Wildman–Crippen LogP) is 0.834. The summed E-state index contributed by atoms with van der Waals surface area (Å²) in [6, 6.07) is 0. The van der Waals surface area contributed by atoms with Crippen LogP contribution in [0.1, 0.15) is 39.0 Å². The molecule has 2 N–H and O–H groups in total. The fourth-order valence-corrected chi connectivity index (χ4v) is 2.84. The van der Waals surface area contributed by atoms with Crippen molar-refractivity contribution in [2.45, 2.75) is 39.0 Å². The average Bonchev–Trinajstić information content (AvgIpc) is 2.95. The lowest BCUT2D eigenvalue weighted by Crippen LogP contribution is -2.25. The number of carbonyl (C=O) groups excluding carboxylic acids is 2. The Morgan fingerprint density at radius 3 is 1.24 bits per heavy atom. The van der Waals surface area contributed by atoms with Crippen LogP contribution in [0.3, 0.4) is 0 Å². The third kappa shape index (κ3) is 34.2. The van der Waals surface area contributed by atoms with E-state index in [0.29, 0.717) is 125 Å². The first-order valence-electron chi connectivity index (χ1n) is 14.3. The number of hydrogen-bond donors (Lipinski definition) is 2. The number of esters is 1. The molecular formula is C27H51NO13. The fraction of sp³-hybridized carbons (Fsp3) is 0.889. The molecule has 0 rings (SSSR count). The third-order valence-corrected chi connectivity index (χ3v) is 4.90. The fourth-order valence-electron chi connectivity index (χ4n) is 2.84. The van der Waals surface area contributed by atoms with Gasteiger partial charge in [0.15, 0.2) is 0 Å². The second kappa shape index (κ2) is 32.6. The van der Waals surface area contributed by atoms with Crippen molar-refractivity contribution in [2.24, 2.45) is 0 Å². The highest BCUT2D eigenvalue weighted by Gasteiger charge is 2.04. The molecule has 14 heteroatoms. The molecule has 0 aliphatic carbocycles. The van der Waals surface area contributed by atoms with Crippen LogP contribution < -0.4 is 5.32 Å². The number of carbonyl (C=O) groups is 3. The maximum atomic E-state index is 11.3. The summed E-state index contributed by atoms with van der Waals surface area (Å²) < 4.78 is 48.2. The largest absolute Gasteiger partial charge is 0.481 e. The molecule has 1 amide bonds. The van der Waals surface area contributed by atoms with E-state index in [1.165, 1.54) is 0 Å². The Morgan fingerprint density at radius 2 is 0.878 bits per heavy atom. The van der Waals surface area contributed by atoms with Gasteiger partial charge in [-0.05, 0) is 12.8 Å². The highest BCUT2D eigenvalue weighted by molar-refractivity contribution is 5.80. The van der Waals surface area contributed by atoms with Crippen LogP contribution in [0.15, 0.2) is 0 Å². The number of carboxylic acid groups (broad SMARTS) is 1. The van der Waals surface area contributed by atoms with Crippen molar-refractivity contribution in [3.63, 3.8) is 0 Å². The van der Waals surface area contributed by atoms with Crippen LogP contribution in [0.2, 0.25) is 0 Å². The summed E-state index contributed by atoms with van der Waals surface area (Å²) in [7, 11) is 0. The van der Waals surface area contributed by atoms with Crippen molar-refractivity contribution < 1.29 is 62.1 Å². The normalized spacial score (nSPS) is 11.0. The minimum absolute atomic E-state index is 0.0110. The Morgan fingerprint density at radius 1 is 0.512 bits per heavy atom. The van der Waals surface area contributed by atoms with E-state index in [0.717, 1.165) is 6.42 Å². The lowest BCUT2D eigenvalue weighted by Gasteiger charge is -2.09. The highest BCUT2D eigenvalue weighted by atomic mass is 16.6. The predicted molar refractivity (Wildman–Crippen MR) is 147 cm³/mol. The number of carboxylic acids is 1. The lowest BCUT2D eigenvalue weighted by atomic mass is 10.3. The van der Waals surface area contributed by atoms with Crippen molar-refractivity contribution in [3.05, 3.63) is 0 Å². The van der Waals surface area contributed by atoms with Crippen molar-refractivity contribution in [3.8, 4) is 0 Å².